The zero-order valence-corrected chi connectivity index (χ0v) is 10.9. The predicted molar refractivity (Wildman–Crippen MR) is 72.2 cm³/mol. The molecule has 4 N–H and O–H groups in total. The van der Waals surface area contributed by atoms with Crippen LogP contribution in [0.2, 0.25) is 0 Å². The van der Waals surface area contributed by atoms with Crippen LogP contribution >= 0.6 is 0 Å². The molecule has 2 rings (SSSR count). The lowest BCUT2D eigenvalue weighted by molar-refractivity contribution is -0.137. The van der Waals surface area contributed by atoms with Gasteiger partial charge < -0.3 is 20.6 Å². The lowest BCUT2D eigenvalue weighted by atomic mass is 10.1. The Hall–Kier alpha value is -2.41. The van der Waals surface area contributed by atoms with Crippen molar-refractivity contribution in [3.8, 4) is 0 Å². The summed E-state index contributed by atoms with van der Waals surface area (Å²) in [4.78, 5) is 26.4. The van der Waals surface area contributed by atoms with E-state index in [1.165, 1.54) is 0 Å². The highest BCUT2D eigenvalue weighted by Gasteiger charge is 2.15. The Morgan fingerprint density at radius 2 is 2.25 bits per heavy atom. The first-order chi connectivity index (χ1) is 9.45. The predicted octanol–water partition coefficient (Wildman–Crippen LogP) is 1.27. The van der Waals surface area contributed by atoms with Crippen molar-refractivity contribution in [1.82, 2.24) is 4.98 Å². The molecular weight excluding hydrogens is 262 g/mol. The van der Waals surface area contributed by atoms with Gasteiger partial charge >= 0.3 is 5.97 Å². The largest absolute Gasteiger partial charge is 0.481 e. The molecule has 1 unspecified atom stereocenters. The number of aryl methyl sites for hydroxylation is 1. The number of hydrogen-bond acceptors (Lipinski definition) is 5. The molecule has 106 valence electrons. The van der Waals surface area contributed by atoms with Crippen molar-refractivity contribution in [2.75, 3.05) is 5.32 Å². The molecular formula is C13H15N3O4. The minimum absolute atomic E-state index is 0.0898. The van der Waals surface area contributed by atoms with Crippen LogP contribution in [0.15, 0.2) is 22.6 Å². The Kier molecular flexibility index (Phi) is 3.99. The first kappa shape index (κ1) is 14.0. The molecule has 0 radical (unpaired) electrons. The number of carboxylic acid groups (broad SMARTS) is 1. The molecule has 1 aromatic carbocycles. The van der Waals surface area contributed by atoms with Gasteiger partial charge in [0.05, 0.1) is 6.04 Å². The van der Waals surface area contributed by atoms with E-state index in [-0.39, 0.29) is 12.8 Å². The van der Waals surface area contributed by atoms with Gasteiger partial charge in [-0.25, -0.2) is 4.98 Å². The molecule has 1 heterocycles. The third-order valence-corrected chi connectivity index (χ3v) is 2.77. The van der Waals surface area contributed by atoms with Crippen LogP contribution in [0.5, 0.6) is 0 Å². The number of aliphatic carboxylic acids is 1. The molecule has 1 aromatic heterocycles. The molecule has 2 aromatic rings. The van der Waals surface area contributed by atoms with Crippen molar-refractivity contribution in [2.24, 2.45) is 5.73 Å². The van der Waals surface area contributed by atoms with Gasteiger partial charge in [0, 0.05) is 19.0 Å². The van der Waals surface area contributed by atoms with Crippen molar-refractivity contribution >= 4 is 28.7 Å². The number of nitrogens with one attached hydrogen (secondary N) is 1. The molecule has 0 fully saturated rings. The van der Waals surface area contributed by atoms with Crippen LogP contribution in [0.4, 0.5) is 5.69 Å². The highest BCUT2D eigenvalue weighted by molar-refractivity contribution is 5.96. The van der Waals surface area contributed by atoms with E-state index in [0.29, 0.717) is 22.7 Å². The molecule has 0 saturated carbocycles. The van der Waals surface area contributed by atoms with E-state index in [9.17, 15) is 9.59 Å². The van der Waals surface area contributed by atoms with Gasteiger partial charge in [0.25, 0.3) is 0 Å². The number of amides is 1. The number of benzene rings is 1. The molecule has 0 aliphatic heterocycles. The maximum Gasteiger partial charge on any atom is 0.303 e. The highest BCUT2D eigenvalue weighted by atomic mass is 16.4. The molecule has 1 atom stereocenters. The van der Waals surface area contributed by atoms with E-state index < -0.39 is 17.9 Å². The van der Waals surface area contributed by atoms with Crippen LogP contribution < -0.4 is 11.1 Å². The topological polar surface area (TPSA) is 118 Å². The van der Waals surface area contributed by atoms with Crippen LogP contribution in [0, 0.1) is 6.92 Å². The molecule has 0 aliphatic carbocycles. The van der Waals surface area contributed by atoms with Crippen LogP contribution in [-0.2, 0) is 9.59 Å². The Morgan fingerprint density at radius 1 is 1.50 bits per heavy atom. The summed E-state index contributed by atoms with van der Waals surface area (Å²) < 4.78 is 5.33. The number of hydrogen-bond donors (Lipinski definition) is 3. The number of carboxylic acids is 1. The van der Waals surface area contributed by atoms with Gasteiger partial charge in [-0.3, -0.25) is 9.59 Å². The fourth-order valence-electron chi connectivity index (χ4n) is 1.77. The van der Waals surface area contributed by atoms with Crippen LogP contribution in [0.25, 0.3) is 11.1 Å². The molecule has 7 heteroatoms. The maximum atomic E-state index is 11.8. The summed E-state index contributed by atoms with van der Waals surface area (Å²) in [6.07, 6.45) is -0.0530. The molecule has 20 heavy (non-hydrogen) atoms. The van der Waals surface area contributed by atoms with Gasteiger partial charge in [-0.2, -0.15) is 0 Å². The normalized spacial score (nSPS) is 12.3. The van der Waals surface area contributed by atoms with E-state index in [4.69, 9.17) is 15.3 Å². The zero-order chi connectivity index (χ0) is 14.7. The summed E-state index contributed by atoms with van der Waals surface area (Å²) in [6, 6.07) is 4.19. The first-order valence-corrected chi connectivity index (χ1v) is 6.11. The lowest BCUT2D eigenvalue weighted by Crippen LogP contribution is -2.36. The first-order valence-electron chi connectivity index (χ1n) is 6.11. The van der Waals surface area contributed by atoms with Crippen LogP contribution in [-0.4, -0.2) is 28.0 Å². The third-order valence-electron chi connectivity index (χ3n) is 2.77. The van der Waals surface area contributed by atoms with Gasteiger partial charge in [0.15, 0.2) is 11.5 Å². The van der Waals surface area contributed by atoms with Crippen LogP contribution in [0.3, 0.4) is 0 Å². The van der Waals surface area contributed by atoms with Crippen LogP contribution in [0.1, 0.15) is 18.7 Å². The second-order valence-corrected chi connectivity index (χ2v) is 4.44. The summed E-state index contributed by atoms with van der Waals surface area (Å²) in [6.45, 7) is 1.74. The SMILES string of the molecule is Cc1nc2cc(NC(=O)C(N)CCC(=O)O)ccc2o1. The fourth-order valence-corrected chi connectivity index (χ4v) is 1.77. The number of anilines is 1. The Labute approximate surface area is 114 Å². The maximum absolute atomic E-state index is 11.8. The van der Waals surface area contributed by atoms with Crippen molar-refractivity contribution in [1.29, 1.82) is 0 Å². The number of oxazole rings is 1. The van der Waals surface area contributed by atoms with E-state index in [2.05, 4.69) is 10.3 Å². The minimum atomic E-state index is -0.979. The summed E-state index contributed by atoms with van der Waals surface area (Å²) in [7, 11) is 0. The smallest absolute Gasteiger partial charge is 0.303 e. The Balaban J connectivity index is 2.03. The Bertz CT molecular complexity index is 650. The van der Waals surface area contributed by atoms with Crippen molar-refractivity contribution in [3.63, 3.8) is 0 Å². The summed E-state index contributed by atoms with van der Waals surface area (Å²) in [5.41, 5.74) is 7.44. The standard InChI is InChI=1S/C13H15N3O4/c1-7-15-10-6-8(2-4-11(10)20-7)16-13(19)9(14)3-5-12(17)18/h2,4,6,9H,3,5,14H2,1H3,(H,16,19)(H,17,18). The van der Waals surface area contributed by atoms with Gasteiger partial charge in [0.1, 0.15) is 5.52 Å². The molecule has 0 saturated heterocycles. The van der Waals surface area contributed by atoms with E-state index in [1.807, 2.05) is 0 Å². The highest BCUT2D eigenvalue weighted by Crippen LogP contribution is 2.19. The molecule has 1 amide bonds. The Morgan fingerprint density at radius 3 is 2.95 bits per heavy atom. The molecule has 0 spiro atoms. The van der Waals surface area contributed by atoms with Gasteiger partial charge in [-0.15, -0.1) is 0 Å². The van der Waals surface area contributed by atoms with E-state index in [0.717, 1.165) is 0 Å². The number of carbonyl (C=O) groups excluding carboxylic acids is 1. The zero-order valence-electron chi connectivity index (χ0n) is 10.9. The fraction of sp³-hybridized carbons (Fsp3) is 0.308. The average molecular weight is 277 g/mol. The van der Waals surface area contributed by atoms with Gasteiger partial charge in [-0.05, 0) is 24.6 Å². The van der Waals surface area contributed by atoms with E-state index in [1.54, 1.807) is 25.1 Å². The van der Waals surface area contributed by atoms with Crippen molar-refractivity contribution in [3.05, 3.63) is 24.1 Å². The number of nitrogens with two attached hydrogens (primary N) is 1. The van der Waals surface area contributed by atoms with Gasteiger partial charge in [-0.1, -0.05) is 0 Å². The number of rotatable bonds is 5. The number of carbonyl (C=O) groups is 2. The average Bonchev–Trinajstić information content (AvgIpc) is 2.75. The minimum Gasteiger partial charge on any atom is -0.481 e. The molecule has 7 nitrogen and oxygen atoms in total. The quantitative estimate of drug-likeness (QED) is 0.757. The number of nitrogens with zero attached hydrogens (tertiary/aromatic N) is 1. The van der Waals surface area contributed by atoms with Gasteiger partial charge in [0.2, 0.25) is 5.91 Å². The monoisotopic (exact) mass is 277 g/mol. The molecule has 0 aliphatic rings. The number of fused-ring (bicyclic) bond motifs is 1. The lowest BCUT2D eigenvalue weighted by Gasteiger charge is -2.10. The third kappa shape index (κ3) is 3.33. The van der Waals surface area contributed by atoms with Crippen molar-refractivity contribution < 1.29 is 19.1 Å². The second-order valence-electron chi connectivity index (χ2n) is 4.44. The second kappa shape index (κ2) is 5.70. The van der Waals surface area contributed by atoms with E-state index >= 15 is 0 Å². The summed E-state index contributed by atoms with van der Waals surface area (Å²) in [5.74, 6) is -0.861. The summed E-state index contributed by atoms with van der Waals surface area (Å²) >= 11 is 0. The van der Waals surface area contributed by atoms with Crippen molar-refractivity contribution in [2.45, 2.75) is 25.8 Å². The summed E-state index contributed by atoms with van der Waals surface area (Å²) in [5, 5.41) is 11.2. The number of aromatic nitrogens is 1. The molecule has 0 bridgehead atoms.